The van der Waals surface area contributed by atoms with Gasteiger partial charge in [0.2, 0.25) is 10.0 Å². The number of anilines is 1. The topological polar surface area (TPSA) is 111 Å². The maximum atomic E-state index is 14.0. The predicted octanol–water partition coefficient (Wildman–Crippen LogP) is 4.21. The molecule has 2 aromatic rings. The fourth-order valence-electron chi connectivity index (χ4n) is 3.43. The van der Waals surface area contributed by atoms with Crippen LogP contribution in [-0.2, 0) is 34.1 Å². The molecule has 0 fully saturated rings. The Morgan fingerprint density at radius 3 is 2.32 bits per heavy atom. The third-order valence-corrected chi connectivity index (χ3v) is 9.78. The first-order valence-corrected chi connectivity index (χ1v) is 14.0. The molecule has 0 radical (unpaired) electrons. The summed E-state index contributed by atoms with van der Waals surface area (Å²) in [4.78, 5) is 16.9. The maximum absolute atomic E-state index is 14.0. The molecule has 0 saturated carbocycles. The largest absolute Gasteiger partial charge is 0.422 e. The van der Waals surface area contributed by atoms with E-state index in [1.54, 1.807) is 32.9 Å². The minimum Gasteiger partial charge on any atom is -0.422 e. The van der Waals surface area contributed by atoms with Crippen LogP contribution in [-0.4, -0.2) is 41.1 Å². The van der Waals surface area contributed by atoms with E-state index in [1.165, 1.54) is 45.3 Å². The van der Waals surface area contributed by atoms with Crippen LogP contribution in [0.15, 0.2) is 36.5 Å². The van der Waals surface area contributed by atoms with Gasteiger partial charge >= 0.3 is 5.97 Å². The molecule has 1 aromatic carbocycles. The molecular formula is C23H27ClN2O6S2. The number of hydrogen-bond donors (Lipinski definition) is 0. The molecule has 184 valence electrons. The zero-order valence-electron chi connectivity index (χ0n) is 20.0. The molecule has 1 aromatic heterocycles. The number of nitrogens with zero attached hydrogens (tertiary/aromatic N) is 2. The summed E-state index contributed by atoms with van der Waals surface area (Å²) >= 11 is 6.62. The highest BCUT2D eigenvalue weighted by Gasteiger charge is 2.49. The lowest BCUT2D eigenvalue weighted by molar-refractivity contribution is -0.145. The monoisotopic (exact) mass is 526 g/mol. The van der Waals surface area contributed by atoms with Crippen molar-refractivity contribution in [1.29, 1.82) is 0 Å². The number of aromatic nitrogens is 1. The number of carbonyl (C=O) groups is 1. The molecule has 1 aliphatic rings. The summed E-state index contributed by atoms with van der Waals surface area (Å²) in [6.07, 6.45) is 2.48. The Labute approximate surface area is 205 Å². The second-order valence-corrected chi connectivity index (χ2v) is 14.4. The van der Waals surface area contributed by atoms with Gasteiger partial charge in [-0.15, -0.1) is 0 Å². The van der Waals surface area contributed by atoms with E-state index in [9.17, 15) is 21.6 Å². The molecule has 2 heterocycles. The van der Waals surface area contributed by atoms with E-state index in [-0.39, 0.29) is 32.6 Å². The molecule has 0 N–H and O–H groups in total. The Morgan fingerprint density at radius 2 is 1.76 bits per heavy atom. The van der Waals surface area contributed by atoms with Gasteiger partial charge in [0.15, 0.2) is 15.6 Å². The lowest BCUT2D eigenvalue weighted by Gasteiger charge is -2.35. The van der Waals surface area contributed by atoms with E-state index in [0.717, 1.165) is 10.6 Å². The fraction of sp³-hybridized carbons (Fsp3) is 0.391. The van der Waals surface area contributed by atoms with Gasteiger partial charge in [0.25, 0.3) is 0 Å². The standard InChI is InChI=1S/C23H27ClN2O6S2/c1-22(2,3)21(27)32-19-18-15(11-9-13-25-18)23(4,5)34(30,31)20(19)14-10-8-12-16(17(14)24)26(6)33(7,28)29/h8-13H,1-7H3. The van der Waals surface area contributed by atoms with Crippen molar-refractivity contribution in [3.05, 3.63) is 58.4 Å². The van der Waals surface area contributed by atoms with Gasteiger partial charge < -0.3 is 4.74 Å². The molecule has 3 rings (SSSR count). The van der Waals surface area contributed by atoms with Crippen LogP contribution < -0.4 is 4.31 Å². The molecule has 0 spiro atoms. The number of sulfonamides is 1. The van der Waals surface area contributed by atoms with Crippen molar-refractivity contribution in [2.24, 2.45) is 5.41 Å². The molecule has 0 atom stereocenters. The third kappa shape index (κ3) is 4.23. The van der Waals surface area contributed by atoms with E-state index >= 15 is 0 Å². The van der Waals surface area contributed by atoms with E-state index in [2.05, 4.69) is 4.98 Å². The number of esters is 1. The number of hydrogen-bond acceptors (Lipinski definition) is 7. The maximum Gasteiger partial charge on any atom is 0.316 e. The van der Waals surface area contributed by atoms with E-state index in [1.807, 2.05) is 0 Å². The minimum atomic E-state index is -4.20. The molecular weight excluding hydrogens is 500 g/mol. The van der Waals surface area contributed by atoms with Crippen molar-refractivity contribution in [1.82, 2.24) is 4.98 Å². The average molecular weight is 527 g/mol. The van der Waals surface area contributed by atoms with Crippen LogP contribution in [0.3, 0.4) is 0 Å². The molecule has 0 unspecified atom stereocenters. The number of ether oxygens (including phenoxy) is 1. The molecule has 8 nitrogen and oxygen atoms in total. The van der Waals surface area contributed by atoms with Crippen LogP contribution >= 0.6 is 11.6 Å². The van der Waals surface area contributed by atoms with Crippen molar-refractivity contribution >= 4 is 53.8 Å². The summed E-state index contributed by atoms with van der Waals surface area (Å²) < 4.78 is 57.5. The SMILES string of the molecule is CN(c1cccc(C2=C(OC(=O)C(C)(C)C)c3ncccc3C(C)(C)S2(=O)=O)c1Cl)S(C)(=O)=O. The molecule has 0 aliphatic carbocycles. The quantitative estimate of drug-likeness (QED) is 0.548. The number of carbonyl (C=O) groups excluding carboxylic acids is 1. The second kappa shape index (κ2) is 8.35. The van der Waals surface area contributed by atoms with Gasteiger partial charge in [-0.25, -0.2) is 16.8 Å². The number of rotatable bonds is 4. The van der Waals surface area contributed by atoms with Gasteiger partial charge in [-0.2, -0.15) is 0 Å². The molecule has 11 heteroatoms. The minimum absolute atomic E-state index is 0.00996. The molecule has 34 heavy (non-hydrogen) atoms. The van der Waals surface area contributed by atoms with Crippen LogP contribution in [0, 0.1) is 5.41 Å². The smallest absolute Gasteiger partial charge is 0.316 e. The van der Waals surface area contributed by atoms with Gasteiger partial charge in [-0.3, -0.25) is 14.1 Å². The zero-order chi connectivity index (χ0) is 25.9. The first-order chi connectivity index (χ1) is 15.4. The van der Waals surface area contributed by atoms with Gasteiger partial charge in [0.1, 0.15) is 10.6 Å². The van der Waals surface area contributed by atoms with Crippen LogP contribution in [0.4, 0.5) is 5.69 Å². The summed E-state index contributed by atoms with van der Waals surface area (Å²) in [6, 6.07) is 7.63. The number of benzene rings is 1. The highest BCUT2D eigenvalue weighted by atomic mass is 35.5. The highest BCUT2D eigenvalue weighted by molar-refractivity contribution is 8.01. The van der Waals surface area contributed by atoms with Gasteiger partial charge in [0, 0.05) is 24.4 Å². The van der Waals surface area contributed by atoms with Crippen LogP contribution in [0.25, 0.3) is 10.7 Å². The average Bonchev–Trinajstić information content (AvgIpc) is 2.71. The highest BCUT2D eigenvalue weighted by Crippen LogP contribution is 2.51. The Kier molecular flexibility index (Phi) is 6.43. The van der Waals surface area contributed by atoms with Gasteiger partial charge in [-0.1, -0.05) is 29.8 Å². The summed E-state index contributed by atoms with van der Waals surface area (Å²) in [5.41, 5.74) is -0.276. The van der Waals surface area contributed by atoms with Crippen molar-refractivity contribution in [3.63, 3.8) is 0 Å². The number of fused-ring (bicyclic) bond motifs is 1. The number of sulfone groups is 1. The fourth-order valence-corrected chi connectivity index (χ4v) is 6.20. The molecule has 1 aliphatic heterocycles. The van der Waals surface area contributed by atoms with Crippen molar-refractivity contribution < 1.29 is 26.4 Å². The first-order valence-electron chi connectivity index (χ1n) is 10.3. The number of pyridine rings is 1. The Hall–Kier alpha value is -2.43. The molecule has 0 amide bonds. The summed E-state index contributed by atoms with van der Waals surface area (Å²) in [7, 11) is -6.58. The lowest BCUT2D eigenvalue weighted by atomic mass is 9.96. The van der Waals surface area contributed by atoms with Crippen molar-refractivity contribution in [3.8, 4) is 0 Å². The lowest BCUT2D eigenvalue weighted by Crippen LogP contribution is -2.36. The van der Waals surface area contributed by atoms with Gasteiger partial charge in [0.05, 0.1) is 27.1 Å². The van der Waals surface area contributed by atoms with Crippen molar-refractivity contribution in [2.45, 2.75) is 39.4 Å². The Bertz CT molecular complexity index is 1420. The normalized spacial score (nSPS) is 17.2. The van der Waals surface area contributed by atoms with E-state index < -0.39 is 36.0 Å². The molecule has 0 saturated heterocycles. The van der Waals surface area contributed by atoms with E-state index in [0.29, 0.717) is 5.56 Å². The zero-order valence-corrected chi connectivity index (χ0v) is 22.4. The number of halogens is 1. The Morgan fingerprint density at radius 1 is 1.15 bits per heavy atom. The van der Waals surface area contributed by atoms with Crippen LogP contribution in [0.2, 0.25) is 5.02 Å². The predicted molar refractivity (Wildman–Crippen MR) is 133 cm³/mol. The third-order valence-electron chi connectivity index (χ3n) is 5.69. The van der Waals surface area contributed by atoms with Gasteiger partial charge in [-0.05, 0) is 46.8 Å². The van der Waals surface area contributed by atoms with Crippen LogP contribution in [0.5, 0.6) is 0 Å². The molecule has 0 bridgehead atoms. The second-order valence-electron chi connectivity index (χ2n) is 9.58. The first kappa shape index (κ1) is 26.2. The van der Waals surface area contributed by atoms with Crippen LogP contribution in [0.1, 0.15) is 51.4 Å². The Balaban J connectivity index is 2.47. The summed E-state index contributed by atoms with van der Waals surface area (Å²) in [5.74, 6) is -0.900. The van der Waals surface area contributed by atoms with E-state index in [4.69, 9.17) is 16.3 Å². The summed E-state index contributed by atoms with van der Waals surface area (Å²) in [6.45, 7) is 8.00. The summed E-state index contributed by atoms with van der Waals surface area (Å²) in [5, 5.41) is -0.117. The van der Waals surface area contributed by atoms with Crippen molar-refractivity contribution in [2.75, 3.05) is 17.6 Å².